The molecule has 8 heteroatoms. The summed E-state index contributed by atoms with van der Waals surface area (Å²) < 4.78 is 8.96. The standard InChI is InChI=1S/C13H15ClN2O5/c1-20-11(17)7-16(8-12(18)21-2)13(19)15-10-5-3-4-9(14)6-10/h3-6H,7-8H2,1-2H3,(H,15,19). The van der Waals surface area contributed by atoms with Gasteiger partial charge in [0.05, 0.1) is 14.2 Å². The van der Waals surface area contributed by atoms with Crippen molar-refractivity contribution in [2.75, 3.05) is 32.6 Å². The van der Waals surface area contributed by atoms with Crippen LogP contribution in [0.25, 0.3) is 0 Å². The molecule has 0 unspecified atom stereocenters. The van der Waals surface area contributed by atoms with E-state index in [0.717, 1.165) is 4.90 Å². The lowest BCUT2D eigenvalue weighted by atomic mass is 10.3. The van der Waals surface area contributed by atoms with Gasteiger partial charge in [0.15, 0.2) is 0 Å². The van der Waals surface area contributed by atoms with Crippen LogP contribution < -0.4 is 5.32 Å². The molecular formula is C13H15ClN2O5. The van der Waals surface area contributed by atoms with Gasteiger partial charge in [0.2, 0.25) is 0 Å². The molecule has 21 heavy (non-hydrogen) atoms. The van der Waals surface area contributed by atoms with E-state index in [9.17, 15) is 14.4 Å². The van der Waals surface area contributed by atoms with Gasteiger partial charge < -0.3 is 19.7 Å². The summed E-state index contributed by atoms with van der Waals surface area (Å²) in [7, 11) is 2.38. The van der Waals surface area contributed by atoms with Crippen LogP contribution in [0.15, 0.2) is 24.3 Å². The van der Waals surface area contributed by atoms with Gasteiger partial charge in [0, 0.05) is 10.7 Å². The minimum atomic E-state index is -0.653. The molecule has 0 bridgehead atoms. The van der Waals surface area contributed by atoms with Crippen molar-refractivity contribution in [1.29, 1.82) is 0 Å². The second-order valence-electron chi connectivity index (χ2n) is 3.95. The molecule has 7 nitrogen and oxygen atoms in total. The van der Waals surface area contributed by atoms with E-state index in [0.29, 0.717) is 10.7 Å². The third-order valence-electron chi connectivity index (χ3n) is 2.46. The van der Waals surface area contributed by atoms with E-state index >= 15 is 0 Å². The maximum Gasteiger partial charge on any atom is 0.325 e. The Morgan fingerprint density at radius 1 is 1.14 bits per heavy atom. The number of methoxy groups -OCH3 is 2. The van der Waals surface area contributed by atoms with Gasteiger partial charge in [-0.25, -0.2) is 4.79 Å². The van der Waals surface area contributed by atoms with Crippen molar-refractivity contribution in [3.63, 3.8) is 0 Å². The van der Waals surface area contributed by atoms with Gasteiger partial charge in [0.1, 0.15) is 13.1 Å². The first kappa shape index (κ1) is 16.8. The number of nitrogens with one attached hydrogen (secondary N) is 1. The third-order valence-corrected chi connectivity index (χ3v) is 2.69. The Bertz CT molecular complexity index is 517. The summed E-state index contributed by atoms with van der Waals surface area (Å²) in [5.41, 5.74) is 0.437. The van der Waals surface area contributed by atoms with Gasteiger partial charge in [-0.05, 0) is 18.2 Å². The summed E-state index contributed by atoms with van der Waals surface area (Å²) in [6.45, 7) is -0.754. The zero-order valence-corrected chi connectivity index (χ0v) is 12.3. The van der Waals surface area contributed by atoms with Crippen LogP contribution in [0.3, 0.4) is 0 Å². The van der Waals surface area contributed by atoms with Crippen molar-refractivity contribution in [2.24, 2.45) is 0 Å². The van der Waals surface area contributed by atoms with E-state index in [-0.39, 0.29) is 13.1 Å². The summed E-state index contributed by atoms with van der Waals surface area (Å²) in [4.78, 5) is 35.6. The van der Waals surface area contributed by atoms with Crippen LogP contribution >= 0.6 is 11.6 Å². The molecule has 0 radical (unpaired) electrons. The van der Waals surface area contributed by atoms with Crippen molar-refractivity contribution in [1.82, 2.24) is 4.90 Å². The first-order chi connectivity index (χ1) is 9.96. The molecule has 0 spiro atoms. The number of anilines is 1. The van der Waals surface area contributed by atoms with Crippen LogP contribution in [-0.4, -0.2) is 50.2 Å². The number of benzene rings is 1. The fourth-order valence-corrected chi connectivity index (χ4v) is 1.60. The van der Waals surface area contributed by atoms with Gasteiger partial charge in [0.25, 0.3) is 0 Å². The van der Waals surface area contributed by atoms with Crippen LogP contribution in [0.5, 0.6) is 0 Å². The largest absolute Gasteiger partial charge is 0.468 e. The molecule has 0 aliphatic rings. The Labute approximate surface area is 126 Å². The predicted octanol–water partition coefficient (Wildman–Crippen LogP) is 1.52. The van der Waals surface area contributed by atoms with Crippen LogP contribution in [-0.2, 0) is 19.1 Å². The van der Waals surface area contributed by atoms with Crippen molar-refractivity contribution in [2.45, 2.75) is 0 Å². The number of nitrogens with zero attached hydrogens (tertiary/aromatic N) is 1. The summed E-state index contributed by atoms with van der Waals surface area (Å²) in [6, 6.07) is 5.82. The summed E-state index contributed by atoms with van der Waals surface area (Å²) in [5, 5.41) is 2.97. The lowest BCUT2D eigenvalue weighted by Crippen LogP contribution is -2.42. The monoisotopic (exact) mass is 314 g/mol. The topological polar surface area (TPSA) is 84.9 Å². The molecule has 0 aromatic heterocycles. The van der Waals surface area contributed by atoms with E-state index < -0.39 is 18.0 Å². The molecule has 0 saturated carbocycles. The first-order valence-electron chi connectivity index (χ1n) is 5.91. The molecule has 1 N–H and O–H groups in total. The smallest absolute Gasteiger partial charge is 0.325 e. The number of hydrogen-bond donors (Lipinski definition) is 1. The van der Waals surface area contributed by atoms with E-state index in [1.165, 1.54) is 20.3 Å². The Morgan fingerprint density at radius 3 is 2.19 bits per heavy atom. The Morgan fingerprint density at radius 2 is 1.71 bits per heavy atom. The predicted molar refractivity (Wildman–Crippen MR) is 76.1 cm³/mol. The SMILES string of the molecule is COC(=O)CN(CC(=O)OC)C(=O)Nc1cccc(Cl)c1. The number of carbonyl (C=O) groups excluding carboxylic acids is 3. The summed E-state index contributed by atoms with van der Waals surface area (Å²) in [5.74, 6) is -1.31. The maximum absolute atomic E-state index is 12.1. The molecule has 0 fully saturated rings. The molecule has 1 aromatic carbocycles. The van der Waals surface area contributed by atoms with Crippen molar-refractivity contribution in [3.05, 3.63) is 29.3 Å². The molecule has 0 aliphatic heterocycles. The zero-order valence-electron chi connectivity index (χ0n) is 11.6. The number of amides is 2. The normalized spacial score (nSPS) is 9.67. The van der Waals surface area contributed by atoms with Crippen LogP contribution in [0.2, 0.25) is 5.02 Å². The van der Waals surface area contributed by atoms with E-state index in [1.54, 1.807) is 18.2 Å². The van der Waals surface area contributed by atoms with Gasteiger partial charge in [-0.2, -0.15) is 0 Å². The number of carbonyl (C=O) groups is 3. The molecule has 2 amide bonds. The highest BCUT2D eigenvalue weighted by Gasteiger charge is 2.21. The molecule has 0 aliphatic carbocycles. The zero-order chi connectivity index (χ0) is 15.8. The number of esters is 2. The van der Waals surface area contributed by atoms with E-state index in [1.807, 2.05) is 0 Å². The van der Waals surface area contributed by atoms with Gasteiger partial charge >= 0.3 is 18.0 Å². The quantitative estimate of drug-likeness (QED) is 0.833. The number of ether oxygens (including phenoxy) is 2. The third kappa shape index (κ3) is 5.70. The van der Waals surface area contributed by atoms with Crippen LogP contribution in [0.1, 0.15) is 0 Å². The van der Waals surface area contributed by atoms with Gasteiger partial charge in [-0.3, -0.25) is 9.59 Å². The second kappa shape index (κ2) is 8.11. The molecular weight excluding hydrogens is 300 g/mol. The van der Waals surface area contributed by atoms with Crippen molar-refractivity contribution in [3.8, 4) is 0 Å². The van der Waals surface area contributed by atoms with Crippen molar-refractivity contribution < 1.29 is 23.9 Å². The number of urea groups is 1. The van der Waals surface area contributed by atoms with Crippen LogP contribution in [0, 0.1) is 0 Å². The van der Waals surface area contributed by atoms with Crippen LogP contribution in [0.4, 0.5) is 10.5 Å². The average molecular weight is 315 g/mol. The first-order valence-corrected chi connectivity index (χ1v) is 6.29. The van der Waals surface area contributed by atoms with E-state index in [4.69, 9.17) is 11.6 Å². The second-order valence-corrected chi connectivity index (χ2v) is 4.39. The molecule has 0 atom stereocenters. The molecule has 0 saturated heterocycles. The lowest BCUT2D eigenvalue weighted by molar-refractivity contribution is -0.144. The van der Waals surface area contributed by atoms with Gasteiger partial charge in [-0.15, -0.1) is 0 Å². The summed E-state index contributed by atoms with van der Waals surface area (Å²) in [6.07, 6.45) is 0. The summed E-state index contributed by atoms with van der Waals surface area (Å²) >= 11 is 5.81. The Kier molecular flexibility index (Phi) is 6.48. The fourth-order valence-electron chi connectivity index (χ4n) is 1.41. The highest BCUT2D eigenvalue weighted by atomic mass is 35.5. The van der Waals surface area contributed by atoms with Gasteiger partial charge in [-0.1, -0.05) is 17.7 Å². The van der Waals surface area contributed by atoms with E-state index in [2.05, 4.69) is 14.8 Å². The number of rotatable bonds is 5. The number of hydrogen-bond acceptors (Lipinski definition) is 5. The average Bonchev–Trinajstić information content (AvgIpc) is 2.46. The fraction of sp³-hybridized carbons (Fsp3) is 0.308. The minimum absolute atomic E-state index is 0.377. The highest BCUT2D eigenvalue weighted by molar-refractivity contribution is 6.30. The molecule has 1 rings (SSSR count). The number of halogens is 1. The molecule has 114 valence electrons. The Balaban J connectivity index is 2.78. The maximum atomic E-state index is 12.1. The highest BCUT2D eigenvalue weighted by Crippen LogP contribution is 2.15. The Hall–Kier alpha value is -2.28. The molecule has 1 aromatic rings. The van der Waals surface area contributed by atoms with Crippen molar-refractivity contribution >= 4 is 35.3 Å². The molecule has 0 heterocycles. The minimum Gasteiger partial charge on any atom is -0.468 e. The lowest BCUT2D eigenvalue weighted by Gasteiger charge is -2.20.